The van der Waals surface area contributed by atoms with E-state index in [1.807, 2.05) is 18.2 Å². The summed E-state index contributed by atoms with van der Waals surface area (Å²) < 4.78 is 12.2. The first kappa shape index (κ1) is 24.0. The number of carbonyl (C=O) groups excluding carboxylic acids is 2. The van der Waals surface area contributed by atoms with Gasteiger partial charge in [-0.15, -0.1) is 0 Å². The Bertz CT molecular complexity index is 838. The van der Waals surface area contributed by atoms with Crippen molar-refractivity contribution in [2.75, 3.05) is 39.9 Å². The highest BCUT2D eigenvalue weighted by Crippen LogP contribution is 2.33. The number of morpholine rings is 1. The maximum absolute atomic E-state index is 13.6. The number of hydrogen-bond donors (Lipinski definition) is 1. The Labute approximate surface area is 197 Å². The fraction of sp³-hybridized carbons (Fsp3) is 0.692. The van der Waals surface area contributed by atoms with E-state index in [1.54, 1.807) is 16.8 Å². The molecule has 2 aliphatic heterocycles. The van der Waals surface area contributed by atoms with Crippen LogP contribution in [-0.2, 0) is 20.7 Å². The summed E-state index contributed by atoms with van der Waals surface area (Å²) in [5.41, 5.74) is -0.752. The number of nitrogens with zero attached hydrogens (tertiary/aromatic N) is 2. The molecular weight excluding hydrogens is 420 g/mol. The summed E-state index contributed by atoms with van der Waals surface area (Å²) in [6.45, 7) is 1.91. The predicted molar refractivity (Wildman–Crippen MR) is 125 cm³/mol. The molecule has 4 rings (SSSR count). The zero-order chi connectivity index (χ0) is 23.3. The van der Waals surface area contributed by atoms with Crippen LogP contribution in [0.15, 0.2) is 24.3 Å². The number of hydrogen-bond acceptors (Lipinski definition) is 5. The molecule has 1 unspecified atom stereocenters. The zero-order valence-corrected chi connectivity index (χ0v) is 19.9. The molecule has 33 heavy (non-hydrogen) atoms. The average molecular weight is 459 g/mol. The first-order valence-corrected chi connectivity index (χ1v) is 12.5. The lowest BCUT2D eigenvalue weighted by molar-refractivity contribution is -0.177. The number of rotatable bonds is 2. The van der Waals surface area contributed by atoms with Crippen LogP contribution in [0, 0.1) is 0 Å². The van der Waals surface area contributed by atoms with Crippen LogP contribution in [0.5, 0.6) is 5.75 Å². The molecule has 2 amide bonds. The van der Waals surface area contributed by atoms with Crippen molar-refractivity contribution in [3.05, 3.63) is 29.8 Å². The van der Waals surface area contributed by atoms with Crippen LogP contribution in [0.1, 0.15) is 63.4 Å². The maximum Gasteiger partial charge on any atom is 0.256 e. The average Bonchev–Trinajstić information content (AvgIpc) is 2.82. The fourth-order valence-electron chi connectivity index (χ4n) is 5.48. The number of aryl methyl sites for hydroxylation is 1. The van der Waals surface area contributed by atoms with Crippen molar-refractivity contribution in [1.29, 1.82) is 0 Å². The Kier molecular flexibility index (Phi) is 7.59. The number of ether oxygens (including phenoxy) is 2. The number of benzene rings is 1. The van der Waals surface area contributed by atoms with Gasteiger partial charge >= 0.3 is 0 Å². The van der Waals surface area contributed by atoms with Crippen molar-refractivity contribution >= 4 is 11.8 Å². The van der Waals surface area contributed by atoms with E-state index in [9.17, 15) is 14.7 Å². The van der Waals surface area contributed by atoms with Gasteiger partial charge < -0.3 is 24.4 Å². The van der Waals surface area contributed by atoms with E-state index >= 15 is 0 Å². The second-order valence-electron chi connectivity index (χ2n) is 10.0. The fourth-order valence-corrected chi connectivity index (χ4v) is 5.48. The molecule has 7 nitrogen and oxygen atoms in total. The lowest BCUT2D eigenvalue weighted by atomic mass is 9.82. The number of carbonyl (C=O) groups is 2. The Hall–Kier alpha value is -2.12. The normalized spacial score (nSPS) is 26.7. The minimum Gasteiger partial charge on any atom is -0.491 e. The standard InChI is InChI=1S/C26H38N2O5/c1-27-15-17-32-22-11-4-3-9-21(22)10-5-8-14-26(24(27)30)20-28(16-18-33-26)23(29)19-25(31)12-6-2-7-13-25/h3-4,9,11,31H,2,5-8,10,12-20H2,1H3. The predicted octanol–water partition coefficient (Wildman–Crippen LogP) is 2.93. The lowest BCUT2D eigenvalue weighted by Crippen LogP contribution is -2.62. The van der Waals surface area contributed by atoms with Gasteiger partial charge in [0.2, 0.25) is 5.91 Å². The highest BCUT2D eigenvalue weighted by Gasteiger charge is 2.46. The van der Waals surface area contributed by atoms with Gasteiger partial charge in [0.25, 0.3) is 5.91 Å². The van der Waals surface area contributed by atoms with Gasteiger partial charge in [0.15, 0.2) is 5.60 Å². The SMILES string of the molecule is CN1CCOc2ccccc2CCCCC2(CN(C(=O)CC3(O)CCCCC3)CCO2)C1=O. The van der Waals surface area contributed by atoms with E-state index in [2.05, 4.69) is 6.07 Å². The third kappa shape index (κ3) is 5.69. The third-order valence-corrected chi connectivity index (χ3v) is 7.47. The smallest absolute Gasteiger partial charge is 0.256 e. The summed E-state index contributed by atoms with van der Waals surface area (Å²) in [6.07, 6.45) is 7.73. The van der Waals surface area contributed by atoms with Crippen molar-refractivity contribution in [2.45, 2.75) is 75.4 Å². The molecule has 7 heteroatoms. The summed E-state index contributed by atoms with van der Waals surface area (Å²) in [4.78, 5) is 30.2. The molecule has 2 fully saturated rings. The Morgan fingerprint density at radius 2 is 1.79 bits per heavy atom. The summed E-state index contributed by atoms with van der Waals surface area (Å²) in [5.74, 6) is 0.731. The monoisotopic (exact) mass is 458 g/mol. The van der Waals surface area contributed by atoms with E-state index in [0.717, 1.165) is 44.3 Å². The molecule has 1 spiro atoms. The number of aliphatic hydroxyl groups is 1. The Morgan fingerprint density at radius 1 is 1.03 bits per heavy atom. The molecule has 1 saturated heterocycles. The molecule has 1 aliphatic carbocycles. The number of fused-ring (bicyclic) bond motifs is 1. The third-order valence-electron chi connectivity index (χ3n) is 7.47. The molecular formula is C26H38N2O5. The molecule has 1 aromatic carbocycles. The molecule has 0 aromatic heterocycles. The van der Waals surface area contributed by atoms with Crippen molar-refractivity contribution < 1.29 is 24.2 Å². The van der Waals surface area contributed by atoms with Crippen molar-refractivity contribution in [1.82, 2.24) is 9.80 Å². The summed E-state index contributed by atoms with van der Waals surface area (Å²) in [7, 11) is 1.78. The molecule has 1 aromatic rings. The molecule has 3 aliphatic rings. The van der Waals surface area contributed by atoms with E-state index in [-0.39, 0.29) is 24.8 Å². The molecule has 1 saturated carbocycles. The van der Waals surface area contributed by atoms with Crippen molar-refractivity contribution in [2.24, 2.45) is 0 Å². The van der Waals surface area contributed by atoms with Gasteiger partial charge in [-0.1, -0.05) is 37.5 Å². The van der Waals surface area contributed by atoms with Gasteiger partial charge in [-0.05, 0) is 50.2 Å². The van der Waals surface area contributed by atoms with Crippen molar-refractivity contribution in [3.63, 3.8) is 0 Å². The summed E-state index contributed by atoms with van der Waals surface area (Å²) in [5, 5.41) is 10.9. The second-order valence-corrected chi connectivity index (χ2v) is 10.0. The largest absolute Gasteiger partial charge is 0.491 e. The summed E-state index contributed by atoms with van der Waals surface area (Å²) in [6, 6.07) is 8.08. The van der Waals surface area contributed by atoms with Gasteiger partial charge in [-0.3, -0.25) is 9.59 Å². The van der Waals surface area contributed by atoms with Gasteiger partial charge in [-0.25, -0.2) is 0 Å². The van der Waals surface area contributed by atoms with Gasteiger partial charge in [-0.2, -0.15) is 0 Å². The molecule has 182 valence electrons. The van der Waals surface area contributed by atoms with Gasteiger partial charge in [0.1, 0.15) is 12.4 Å². The topological polar surface area (TPSA) is 79.3 Å². The van der Waals surface area contributed by atoms with Crippen LogP contribution in [0.25, 0.3) is 0 Å². The molecule has 0 radical (unpaired) electrons. The highest BCUT2D eigenvalue weighted by atomic mass is 16.5. The van der Waals surface area contributed by atoms with Gasteiger partial charge in [0, 0.05) is 13.6 Å². The van der Waals surface area contributed by atoms with Crippen LogP contribution in [0.3, 0.4) is 0 Å². The minimum atomic E-state index is -1.03. The van der Waals surface area contributed by atoms with E-state index in [1.165, 1.54) is 5.56 Å². The van der Waals surface area contributed by atoms with E-state index in [4.69, 9.17) is 9.47 Å². The summed E-state index contributed by atoms with van der Waals surface area (Å²) >= 11 is 0. The van der Waals surface area contributed by atoms with Crippen LogP contribution in [-0.4, -0.2) is 77.8 Å². The number of amides is 2. The number of likely N-dealkylation sites (N-methyl/N-ethyl adjacent to an activating group) is 1. The Morgan fingerprint density at radius 3 is 2.61 bits per heavy atom. The van der Waals surface area contributed by atoms with Gasteiger partial charge in [0.05, 0.1) is 31.7 Å². The first-order valence-electron chi connectivity index (χ1n) is 12.5. The highest BCUT2D eigenvalue weighted by molar-refractivity contribution is 5.87. The quantitative estimate of drug-likeness (QED) is 0.737. The number of para-hydroxylation sites is 1. The van der Waals surface area contributed by atoms with E-state index < -0.39 is 11.2 Å². The molecule has 2 heterocycles. The minimum absolute atomic E-state index is 0.0686. The van der Waals surface area contributed by atoms with Crippen LogP contribution in [0.4, 0.5) is 0 Å². The van der Waals surface area contributed by atoms with Crippen LogP contribution >= 0.6 is 0 Å². The van der Waals surface area contributed by atoms with Crippen molar-refractivity contribution in [3.8, 4) is 5.75 Å². The lowest BCUT2D eigenvalue weighted by Gasteiger charge is -2.44. The van der Waals surface area contributed by atoms with E-state index in [0.29, 0.717) is 45.6 Å². The molecule has 1 atom stereocenters. The molecule has 0 bridgehead atoms. The van der Waals surface area contributed by atoms with Crippen LogP contribution in [0.2, 0.25) is 0 Å². The Balaban J connectivity index is 1.47. The maximum atomic E-state index is 13.6. The van der Waals surface area contributed by atoms with Crippen LogP contribution < -0.4 is 4.74 Å². The zero-order valence-electron chi connectivity index (χ0n) is 19.9. The molecule has 1 N–H and O–H groups in total. The second kappa shape index (κ2) is 10.4. The first-order chi connectivity index (χ1) is 15.9.